The minimum atomic E-state index is -3.10. The summed E-state index contributed by atoms with van der Waals surface area (Å²) in [6.07, 6.45) is 0. The number of aromatic nitrogens is 3. The number of fused-ring (bicyclic) bond motifs is 14. The number of hydrogen-bond acceptors (Lipinski definition) is 5. The van der Waals surface area contributed by atoms with Gasteiger partial charge in [-0.2, -0.15) is 0 Å². The van der Waals surface area contributed by atoms with Gasteiger partial charge in [-0.25, -0.2) is 0 Å². The van der Waals surface area contributed by atoms with Crippen molar-refractivity contribution in [1.29, 1.82) is 0 Å². The van der Waals surface area contributed by atoms with Crippen molar-refractivity contribution < 1.29 is 9.47 Å². The Morgan fingerprint density at radius 1 is 0.311 bits per heavy atom. The van der Waals surface area contributed by atoms with Crippen LogP contribution in [0.25, 0.3) is 55.0 Å². The number of para-hydroxylation sites is 8. The Hall–Kier alpha value is -8.58. The normalized spacial score (nSPS) is 13.5. The summed E-state index contributed by atoms with van der Waals surface area (Å²) >= 11 is -6.15. The first-order valence-electron chi connectivity index (χ1n) is 25.4. The topological polar surface area (TPSA) is 47.7 Å². The Morgan fingerprint density at radius 3 is 1.22 bits per heavy atom. The molecule has 0 fully saturated rings. The van der Waals surface area contributed by atoms with E-state index in [-0.39, 0.29) is 0 Å². The number of ether oxygens (including phenoxy) is 2. The number of anilines is 6. The van der Waals surface area contributed by atoms with Crippen molar-refractivity contribution in [3.8, 4) is 34.5 Å². The van der Waals surface area contributed by atoms with E-state index in [1.54, 1.807) is 0 Å². The van der Waals surface area contributed by atoms with Crippen LogP contribution in [0.2, 0.25) is 0 Å². The molecule has 342 valence electrons. The van der Waals surface area contributed by atoms with Gasteiger partial charge in [0, 0.05) is 0 Å². The Bertz CT molecular complexity index is 4150. The average molecular weight is 1060 g/mol. The molecule has 0 N–H and O–H groups in total. The average Bonchev–Trinajstić information content (AvgIpc) is 3.98. The molecule has 10 aromatic carbocycles. The molecule has 0 amide bonds. The zero-order chi connectivity index (χ0) is 48.2. The second kappa shape index (κ2) is 15.5. The summed E-state index contributed by atoms with van der Waals surface area (Å²) in [6, 6.07) is 86.5. The van der Waals surface area contributed by atoms with Crippen LogP contribution in [-0.2, 0) is 0 Å². The predicted octanol–water partition coefficient (Wildman–Crippen LogP) is 12.1. The fourth-order valence-corrected chi connectivity index (χ4v) is 27.1. The Labute approximate surface area is 436 Å². The summed E-state index contributed by atoms with van der Waals surface area (Å²) in [5.74, 6) is 3.38. The van der Waals surface area contributed by atoms with Crippen LogP contribution >= 0.6 is 0 Å². The first-order chi connectivity index (χ1) is 36.7. The first-order valence-corrected chi connectivity index (χ1v) is 32.6. The van der Waals surface area contributed by atoms with Crippen molar-refractivity contribution in [2.24, 2.45) is 0 Å². The standard InChI is InChI=1S/C65H39N5O2.2Ga/c1-5-21-46(22-6-1)67(47-23-7-2-8-24-47)50-39-52(69-61-33-17-13-29-57(61)58-30-14-18-34-62(58)69)43-55(41-50)71-54-37-38-65(66-45-54)72-56-42-51(68(48-25-9-3-10-26-48)49-27-11-4-12-28-49)40-53(44-56)70-63-35-19-15-31-59(63)60-32-16-20-36-64(60)70;;/h1-23,25-27,29-37,39-40,43-44H;;. The molecule has 4 aliphatic rings. The van der Waals surface area contributed by atoms with Crippen molar-refractivity contribution in [2.75, 3.05) is 9.80 Å². The summed E-state index contributed by atoms with van der Waals surface area (Å²) < 4.78 is 27.4. The maximum absolute atomic E-state index is 7.51. The summed E-state index contributed by atoms with van der Waals surface area (Å²) in [5.41, 5.74) is 13.7. The third-order valence-corrected chi connectivity index (χ3v) is 29.7. The van der Waals surface area contributed by atoms with Crippen LogP contribution in [0.3, 0.4) is 0 Å². The van der Waals surface area contributed by atoms with E-state index in [0.717, 1.165) is 83.6 Å². The van der Waals surface area contributed by atoms with Gasteiger partial charge in [0.1, 0.15) is 0 Å². The van der Waals surface area contributed by atoms with Crippen LogP contribution in [0, 0.1) is 0 Å². The fraction of sp³-hybridized carbons (Fsp3) is 0. The molecule has 0 saturated carbocycles. The molecule has 0 atom stereocenters. The third-order valence-electron chi connectivity index (χ3n) is 16.0. The summed E-state index contributed by atoms with van der Waals surface area (Å²) in [5, 5.41) is 4.90. The fourth-order valence-electron chi connectivity index (χ4n) is 13.0. The number of rotatable bonds is 4. The second-order valence-corrected chi connectivity index (χ2v) is 30.9. The quantitative estimate of drug-likeness (QED) is 0.164. The van der Waals surface area contributed by atoms with Crippen molar-refractivity contribution in [3.05, 3.63) is 237 Å². The van der Waals surface area contributed by atoms with E-state index in [0.29, 0.717) is 0 Å². The first kappa shape index (κ1) is 41.0. The summed E-state index contributed by atoms with van der Waals surface area (Å²) in [7, 11) is 0. The molecule has 7 heterocycles. The summed E-state index contributed by atoms with van der Waals surface area (Å²) in [4.78, 5) is 10.8. The van der Waals surface area contributed by atoms with E-state index in [9.17, 15) is 0 Å². The number of nitrogens with zero attached hydrogens (tertiary/aromatic N) is 5. The van der Waals surface area contributed by atoms with Crippen molar-refractivity contribution in [2.45, 2.75) is 0 Å². The molecule has 0 unspecified atom stereocenters. The van der Waals surface area contributed by atoms with Gasteiger partial charge in [0.2, 0.25) is 0 Å². The van der Waals surface area contributed by atoms with Gasteiger partial charge in [-0.3, -0.25) is 0 Å². The van der Waals surface area contributed by atoms with Crippen molar-refractivity contribution in [1.82, 2.24) is 14.1 Å². The Morgan fingerprint density at radius 2 is 0.716 bits per heavy atom. The zero-order valence-electron chi connectivity index (χ0n) is 39.7. The predicted molar refractivity (Wildman–Crippen MR) is 305 cm³/mol. The molecule has 7 nitrogen and oxygen atoms in total. The number of hydrogen-bond donors (Lipinski definition) is 0. The van der Waals surface area contributed by atoms with Gasteiger partial charge in [-0.05, 0) is 0 Å². The van der Waals surface area contributed by atoms with Crippen molar-refractivity contribution >= 4 is 135 Å². The molecule has 9 heteroatoms. The molecular formula is C65H39Ga2N5O2. The molecule has 74 heavy (non-hydrogen) atoms. The van der Waals surface area contributed by atoms with E-state index in [2.05, 4.69) is 256 Å². The van der Waals surface area contributed by atoms with Gasteiger partial charge in [0.05, 0.1) is 0 Å². The van der Waals surface area contributed by atoms with E-state index >= 15 is 0 Å². The molecule has 0 aliphatic carbocycles. The Kier molecular flexibility index (Phi) is 8.56. The van der Waals surface area contributed by atoms with Crippen LogP contribution in [0.15, 0.2) is 237 Å². The minimum absolute atomic E-state index is 0.721. The van der Waals surface area contributed by atoms with Crippen LogP contribution in [0.4, 0.5) is 34.1 Å². The van der Waals surface area contributed by atoms with Crippen molar-refractivity contribution in [3.63, 3.8) is 0 Å². The second-order valence-electron chi connectivity index (χ2n) is 19.8. The third kappa shape index (κ3) is 5.63. The molecule has 0 radical (unpaired) electrons. The van der Waals surface area contributed by atoms with Crippen LogP contribution in [0.1, 0.15) is 0 Å². The number of benzene rings is 10. The van der Waals surface area contributed by atoms with Gasteiger partial charge in [-0.1, -0.05) is 0 Å². The summed E-state index contributed by atoms with van der Waals surface area (Å²) in [6.45, 7) is 0. The van der Waals surface area contributed by atoms with E-state index in [1.165, 1.54) is 53.5 Å². The zero-order valence-corrected chi connectivity index (χ0v) is 44.6. The Balaban J connectivity index is 0.921. The van der Waals surface area contributed by atoms with Crippen LogP contribution < -0.4 is 44.1 Å². The molecule has 3 aromatic heterocycles. The molecule has 0 spiro atoms. The van der Waals surface area contributed by atoms with Gasteiger partial charge in [-0.15, -0.1) is 0 Å². The SMILES string of the molecule is c1ccc(N2c3cccc[c]3[Ga]3[c]4cc5[c](nc4Oc4cc(-n6c7ccccc7c7ccccc76)cc2[c]43)[Ga]2[c]3ccccc3N(c3ccccc3)c3cc(-n4c6ccccc6c6ccccc64)cc([c]32)O5)cc1. The van der Waals surface area contributed by atoms with E-state index < -0.39 is 32.4 Å². The van der Waals surface area contributed by atoms with Gasteiger partial charge in [0.25, 0.3) is 0 Å². The van der Waals surface area contributed by atoms with Crippen LogP contribution in [0.5, 0.6) is 23.1 Å². The maximum atomic E-state index is 7.51. The van der Waals surface area contributed by atoms with E-state index in [1.807, 2.05) is 0 Å². The van der Waals surface area contributed by atoms with Gasteiger partial charge >= 0.3 is 439 Å². The molecule has 0 bridgehead atoms. The van der Waals surface area contributed by atoms with E-state index in [4.69, 9.17) is 14.5 Å². The molecule has 13 aromatic rings. The monoisotopic (exact) mass is 1060 g/mol. The molecular weight excluding hydrogens is 1020 g/mol. The van der Waals surface area contributed by atoms with Crippen LogP contribution in [-0.4, -0.2) is 46.6 Å². The number of pyridine rings is 1. The molecule has 4 aliphatic heterocycles. The van der Waals surface area contributed by atoms with Gasteiger partial charge < -0.3 is 0 Å². The van der Waals surface area contributed by atoms with Gasteiger partial charge in [0.15, 0.2) is 0 Å². The molecule has 17 rings (SSSR count). The molecule has 0 saturated heterocycles.